The summed E-state index contributed by atoms with van der Waals surface area (Å²) in [7, 11) is 0. The largest absolute Gasteiger partial charge is 0.368 e. The van der Waals surface area contributed by atoms with Gasteiger partial charge in [-0.15, -0.1) is 11.3 Å². The SMILES string of the molecule is CCCC[C@H](CNc1nccs1)Nc1nc(N)nc2cccnc12. The quantitative estimate of drug-likeness (QED) is 0.577. The number of rotatable bonds is 8. The van der Waals surface area contributed by atoms with Crippen LogP contribution in [0, 0.1) is 0 Å². The van der Waals surface area contributed by atoms with E-state index in [2.05, 4.69) is 37.5 Å². The lowest BCUT2D eigenvalue weighted by atomic mass is 10.1. The number of nitrogens with zero attached hydrogens (tertiary/aromatic N) is 4. The van der Waals surface area contributed by atoms with Crippen LogP contribution in [0.15, 0.2) is 29.9 Å². The van der Waals surface area contributed by atoms with E-state index in [0.29, 0.717) is 5.82 Å². The summed E-state index contributed by atoms with van der Waals surface area (Å²) in [5.74, 6) is 0.931. The first-order chi connectivity index (χ1) is 11.8. The van der Waals surface area contributed by atoms with E-state index in [-0.39, 0.29) is 12.0 Å². The number of nitrogens with two attached hydrogens (primary N) is 1. The molecule has 0 saturated heterocycles. The maximum Gasteiger partial charge on any atom is 0.222 e. The van der Waals surface area contributed by atoms with Gasteiger partial charge in [-0.05, 0) is 18.6 Å². The summed E-state index contributed by atoms with van der Waals surface area (Å²) < 4.78 is 0. The third kappa shape index (κ3) is 4.08. The molecule has 7 nitrogen and oxygen atoms in total. The molecule has 3 rings (SSSR count). The molecule has 0 aromatic carbocycles. The molecule has 0 amide bonds. The van der Waals surface area contributed by atoms with E-state index in [0.717, 1.165) is 42.0 Å². The Hall–Kier alpha value is -2.48. The molecule has 0 bridgehead atoms. The fraction of sp³-hybridized carbons (Fsp3) is 0.375. The van der Waals surface area contributed by atoms with Crippen molar-refractivity contribution in [2.45, 2.75) is 32.2 Å². The van der Waals surface area contributed by atoms with E-state index >= 15 is 0 Å². The highest BCUT2D eigenvalue weighted by molar-refractivity contribution is 7.13. The van der Waals surface area contributed by atoms with Gasteiger partial charge in [0.05, 0.1) is 5.52 Å². The number of thiazole rings is 1. The Morgan fingerprint density at radius 3 is 2.96 bits per heavy atom. The molecule has 1 atom stereocenters. The highest BCUT2D eigenvalue weighted by Crippen LogP contribution is 2.20. The Balaban J connectivity index is 1.78. The van der Waals surface area contributed by atoms with Gasteiger partial charge in [-0.3, -0.25) is 4.98 Å². The van der Waals surface area contributed by atoms with Crippen LogP contribution in [-0.2, 0) is 0 Å². The fourth-order valence-electron chi connectivity index (χ4n) is 2.48. The molecule has 126 valence electrons. The van der Waals surface area contributed by atoms with Crippen LogP contribution in [0.2, 0.25) is 0 Å². The van der Waals surface area contributed by atoms with Gasteiger partial charge in [0.15, 0.2) is 10.9 Å². The maximum atomic E-state index is 5.84. The first-order valence-corrected chi connectivity index (χ1v) is 8.92. The monoisotopic (exact) mass is 343 g/mol. The first-order valence-electron chi connectivity index (χ1n) is 8.04. The van der Waals surface area contributed by atoms with Gasteiger partial charge < -0.3 is 16.4 Å². The van der Waals surface area contributed by atoms with Crippen LogP contribution >= 0.6 is 11.3 Å². The van der Waals surface area contributed by atoms with Crippen molar-refractivity contribution in [2.24, 2.45) is 0 Å². The standard InChI is InChI=1S/C16H21N7S/c1-2-3-5-11(10-20-16-19-8-9-24-16)21-14-13-12(6-4-7-18-13)22-15(17)23-14/h4,6-9,11H,2-3,5,10H2,1H3,(H,19,20)(H3,17,21,22,23)/t11-/m1/s1. The highest BCUT2D eigenvalue weighted by Gasteiger charge is 2.14. The van der Waals surface area contributed by atoms with Crippen LogP contribution in [0.3, 0.4) is 0 Å². The van der Waals surface area contributed by atoms with Crippen molar-refractivity contribution in [3.05, 3.63) is 29.9 Å². The molecule has 0 aliphatic carbocycles. The van der Waals surface area contributed by atoms with Gasteiger partial charge in [0, 0.05) is 30.4 Å². The van der Waals surface area contributed by atoms with Crippen LogP contribution < -0.4 is 16.4 Å². The number of nitrogens with one attached hydrogen (secondary N) is 2. The van der Waals surface area contributed by atoms with Gasteiger partial charge in [-0.1, -0.05) is 19.8 Å². The van der Waals surface area contributed by atoms with Crippen LogP contribution in [0.4, 0.5) is 16.9 Å². The number of fused-ring (bicyclic) bond motifs is 1. The lowest BCUT2D eigenvalue weighted by molar-refractivity contribution is 0.624. The zero-order chi connectivity index (χ0) is 16.8. The minimum Gasteiger partial charge on any atom is -0.368 e. The minimum absolute atomic E-state index is 0.202. The molecular weight excluding hydrogens is 322 g/mol. The third-order valence-corrected chi connectivity index (χ3v) is 4.38. The molecule has 0 spiro atoms. The Morgan fingerprint density at radius 2 is 2.17 bits per heavy atom. The summed E-state index contributed by atoms with van der Waals surface area (Å²) in [4.78, 5) is 17.2. The Labute approximate surface area is 144 Å². The molecule has 8 heteroatoms. The predicted octanol–water partition coefficient (Wildman–Crippen LogP) is 3.15. The van der Waals surface area contributed by atoms with E-state index in [1.54, 1.807) is 23.7 Å². The number of anilines is 3. The average molecular weight is 343 g/mol. The predicted molar refractivity (Wildman–Crippen MR) is 99.3 cm³/mol. The van der Waals surface area contributed by atoms with Crippen LogP contribution in [0.1, 0.15) is 26.2 Å². The second kappa shape index (κ2) is 7.87. The molecule has 24 heavy (non-hydrogen) atoms. The molecule has 0 fully saturated rings. The Morgan fingerprint density at radius 1 is 1.25 bits per heavy atom. The summed E-state index contributed by atoms with van der Waals surface area (Å²) in [5, 5.41) is 9.72. The Kier molecular flexibility index (Phi) is 5.37. The second-order valence-corrected chi connectivity index (χ2v) is 6.40. The number of aromatic nitrogens is 4. The fourth-order valence-corrected chi connectivity index (χ4v) is 3.02. The molecule has 0 saturated carbocycles. The number of nitrogen functional groups attached to an aromatic ring is 1. The molecule has 4 N–H and O–H groups in total. The molecule has 0 unspecified atom stereocenters. The molecule has 3 aromatic rings. The van der Waals surface area contributed by atoms with Gasteiger partial charge in [0.1, 0.15) is 5.52 Å². The van der Waals surface area contributed by atoms with E-state index in [4.69, 9.17) is 5.73 Å². The topological polar surface area (TPSA) is 102 Å². The third-order valence-electron chi connectivity index (χ3n) is 3.65. The van der Waals surface area contributed by atoms with Crippen molar-refractivity contribution in [1.82, 2.24) is 19.9 Å². The zero-order valence-corrected chi connectivity index (χ0v) is 14.4. The molecule has 0 aliphatic heterocycles. The minimum atomic E-state index is 0.202. The van der Waals surface area contributed by atoms with E-state index < -0.39 is 0 Å². The van der Waals surface area contributed by atoms with Gasteiger partial charge in [-0.25, -0.2) is 9.97 Å². The highest BCUT2D eigenvalue weighted by atomic mass is 32.1. The maximum absolute atomic E-state index is 5.84. The zero-order valence-electron chi connectivity index (χ0n) is 13.6. The second-order valence-electron chi connectivity index (χ2n) is 5.50. The number of hydrogen-bond acceptors (Lipinski definition) is 8. The summed E-state index contributed by atoms with van der Waals surface area (Å²) in [6.07, 6.45) is 6.82. The summed E-state index contributed by atoms with van der Waals surface area (Å²) >= 11 is 1.59. The van der Waals surface area contributed by atoms with Gasteiger partial charge in [0.25, 0.3) is 0 Å². The molecule has 0 aliphatic rings. The Bertz CT molecular complexity index is 775. The summed E-state index contributed by atoms with van der Waals surface area (Å²) in [6, 6.07) is 3.94. The van der Waals surface area contributed by atoms with Crippen LogP contribution in [0.25, 0.3) is 11.0 Å². The average Bonchev–Trinajstić information content (AvgIpc) is 3.10. The molecule has 3 heterocycles. The van der Waals surface area contributed by atoms with Crippen molar-refractivity contribution in [2.75, 3.05) is 22.9 Å². The molecular formula is C16H21N7S. The van der Waals surface area contributed by atoms with Gasteiger partial charge in [-0.2, -0.15) is 4.98 Å². The first kappa shape index (κ1) is 16.4. The van der Waals surface area contributed by atoms with Crippen molar-refractivity contribution in [3.8, 4) is 0 Å². The van der Waals surface area contributed by atoms with Crippen molar-refractivity contribution in [1.29, 1.82) is 0 Å². The van der Waals surface area contributed by atoms with Crippen molar-refractivity contribution >= 4 is 39.3 Å². The number of pyridine rings is 1. The normalized spacial score (nSPS) is 12.2. The summed E-state index contributed by atoms with van der Waals surface area (Å²) in [5.41, 5.74) is 7.32. The van der Waals surface area contributed by atoms with Crippen molar-refractivity contribution in [3.63, 3.8) is 0 Å². The van der Waals surface area contributed by atoms with E-state index in [9.17, 15) is 0 Å². The lowest BCUT2D eigenvalue weighted by Gasteiger charge is -2.20. The molecule has 3 aromatic heterocycles. The molecule has 0 radical (unpaired) electrons. The summed E-state index contributed by atoms with van der Waals surface area (Å²) in [6.45, 7) is 2.94. The van der Waals surface area contributed by atoms with Crippen LogP contribution in [0.5, 0.6) is 0 Å². The number of hydrogen-bond donors (Lipinski definition) is 3. The van der Waals surface area contributed by atoms with Crippen LogP contribution in [-0.4, -0.2) is 32.5 Å². The van der Waals surface area contributed by atoms with Gasteiger partial charge in [0.2, 0.25) is 5.95 Å². The smallest absolute Gasteiger partial charge is 0.222 e. The van der Waals surface area contributed by atoms with E-state index in [1.165, 1.54) is 0 Å². The van der Waals surface area contributed by atoms with E-state index in [1.807, 2.05) is 17.5 Å². The number of unbranched alkanes of at least 4 members (excludes halogenated alkanes) is 1. The lowest BCUT2D eigenvalue weighted by Crippen LogP contribution is -2.29. The van der Waals surface area contributed by atoms with Gasteiger partial charge >= 0.3 is 0 Å². The van der Waals surface area contributed by atoms with Crippen molar-refractivity contribution < 1.29 is 0 Å².